The van der Waals surface area contributed by atoms with E-state index in [1.54, 1.807) is 18.2 Å². The predicted molar refractivity (Wildman–Crippen MR) is 107 cm³/mol. The number of nitrogens with zero attached hydrogens (tertiary/aromatic N) is 1. The third kappa shape index (κ3) is 3.92. The highest BCUT2D eigenvalue weighted by molar-refractivity contribution is 8.27. The number of benzene rings is 2. The van der Waals surface area contributed by atoms with Crippen LogP contribution >= 0.6 is 24.0 Å². The summed E-state index contributed by atoms with van der Waals surface area (Å²) in [6, 6.07) is 15.8. The maximum atomic E-state index is 12.7. The summed E-state index contributed by atoms with van der Waals surface area (Å²) in [6.07, 6.45) is 3.76. The zero-order valence-corrected chi connectivity index (χ0v) is 15.5. The minimum absolute atomic E-state index is 0.000633. The summed E-state index contributed by atoms with van der Waals surface area (Å²) < 4.78 is 0.365. The third-order valence-corrected chi connectivity index (χ3v) is 4.99. The summed E-state index contributed by atoms with van der Waals surface area (Å²) in [5.41, 5.74) is 2.38. The van der Waals surface area contributed by atoms with Crippen LogP contribution in [0.4, 0.5) is 5.69 Å². The normalized spacial score (nSPS) is 16.4. The van der Waals surface area contributed by atoms with Crippen molar-refractivity contribution in [2.45, 2.75) is 6.92 Å². The van der Waals surface area contributed by atoms with E-state index in [0.29, 0.717) is 14.9 Å². The van der Waals surface area contributed by atoms with Crippen molar-refractivity contribution < 1.29 is 14.7 Å². The molecule has 2 aromatic rings. The first-order valence-corrected chi connectivity index (χ1v) is 9.01. The van der Waals surface area contributed by atoms with Crippen molar-refractivity contribution in [1.29, 1.82) is 0 Å². The summed E-state index contributed by atoms with van der Waals surface area (Å²) >= 11 is 6.51. The number of thiocarbonyl (C=S) groups is 1. The molecule has 0 radical (unpaired) electrons. The van der Waals surface area contributed by atoms with Crippen LogP contribution < -0.4 is 10.0 Å². The Kier molecular flexibility index (Phi) is 5.35. The summed E-state index contributed by atoms with van der Waals surface area (Å²) in [4.78, 5) is 25.6. The topological polar surface area (TPSA) is 60.4 Å². The lowest BCUT2D eigenvalue weighted by atomic mass is 10.1. The molecule has 2 aromatic carbocycles. The highest BCUT2D eigenvalue weighted by Gasteiger charge is 2.33. The summed E-state index contributed by atoms with van der Waals surface area (Å²) in [7, 11) is 0. The summed E-state index contributed by atoms with van der Waals surface area (Å²) in [5.74, 6) is -1.56. The zero-order chi connectivity index (χ0) is 18.7. The van der Waals surface area contributed by atoms with Gasteiger partial charge >= 0.3 is 0 Å². The van der Waals surface area contributed by atoms with Crippen molar-refractivity contribution in [2.75, 3.05) is 4.90 Å². The van der Waals surface area contributed by atoms with Crippen LogP contribution in [0.2, 0.25) is 0 Å². The van der Waals surface area contributed by atoms with Gasteiger partial charge in [0.25, 0.3) is 5.91 Å². The number of aromatic carboxylic acids is 1. The monoisotopic (exact) mass is 380 g/mol. The van der Waals surface area contributed by atoms with E-state index < -0.39 is 5.97 Å². The molecule has 1 saturated heterocycles. The first-order chi connectivity index (χ1) is 12.5. The van der Waals surface area contributed by atoms with Crippen molar-refractivity contribution in [3.63, 3.8) is 0 Å². The molecule has 0 aliphatic carbocycles. The lowest BCUT2D eigenvalue weighted by Gasteiger charge is -2.15. The van der Waals surface area contributed by atoms with Gasteiger partial charge in [0.2, 0.25) is 0 Å². The molecular weight excluding hydrogens is 366 g/mol. The van der Waals surface area contributed by atoms with Crippen molar-refractivity contribution in [3.05, 3.63) is 82.3 Å². The van der Waals surface area contributed by atoms with Gasteiger partial charge in [-0.2, -0.15) is 0 Å². The molecule has 0 spiro atoms. The third-order valence-electron chi connectivity index (χ3n) is 3.69. The molecular formula is C20H14NO3S2-. The number of amides is 1. The smallest absolute Gasteiger partial charge is 0.270 e. The molecule has 130 valence electrons. The first-order valence-electron chi connectivity index (χ1n) is 7.78. The molecule has 0 aromatic heterocycles. The number of thioether (sulfide) groups is 1. The number of rotatable bonds is 4. The van der Waals surface area contributed by atoms with E-state index >= 15 is 0 Å². The number of hydrogen-bond acceptors (Lipinski definition) is 5. The number of anilines is 1. The molecule has 1 amide bonds. The molecule has 0 N–H and O–H groups in total. The Morgan fingerprint density at radius 1 is 1.15 bits per heavy atom. The fourth-order valence-corrected chi connectivity index (χ4v) is 3.87. The van der Waals surface area contributed by atoms with Gasteiger partial charge in [-0.3, -0.25) is 9.69 Å². The number of allylic oxidation sites excluding steroid dienone is 2. The number of carboxylic acids is 1. The molecule has 0 saturated carbocycles. The van der Waals surface area contributed by atoms with Crippen LogP contribution in [0.5, 0.6) is 0 Å². The quantitative estimate of drug-likeness (QED) is 0.601. The lowest BCUT2D eigenvalue weighted by molar-refractivity contribution is -0.255. The standard InChI is InChI=1S/C20H15NO3S2/c1-13(10-14-6-3-2-4-7-14)11-17-18(22)21(20(25)26-17)16-9-5-8-15(12-16)19(23)24/h2-12H,1H3,(H,23,24)/p-1/b13-10-,17-11+. The van der Waals surface area contributed by atoms with Gasteiger partial charge in [0, 0.05) is 0 Å². The van der Waals surface area contributed by atoms with E-state index in [2.05, 4.69) is 0 Å². The Morgan fingerprint density at radius 2 is 1.88 bits per heavy atom. The molecule has 4 nitrogen and oxygen atoms in total. The minimum atomic E-state index is -1.30. The first kappa shape index (κ1) is 18.1. The van der Waals surface area contributed by atoms with E-state index in [0.717, 1.165) is 11.1 Å². The SMILES string of the molecule is CC(=C/c1ccccc1)/C=C1/SC(=S)N(c2cccc(C(=O)[O-])c2)C1=O. The average molecular weight is 380 g/mol. The largest absolute Gasteiger partial charge is 0.545 e. The van der Waals surface area contributed by atoms with Crippen LogP contribution in [-0.4, -0.2) is 16.2 Å². The van der Waals surface area contributed by atoms with Crippen LogP contribution in [-0.2, 0) is 4.79 Å². The van der Waals surface area contributed by atoms with Crippen LogP contribution in [0.1, 0.15) is 22.8 Å². The maximum Gasteiger partial charge on any atom is 0.270 e. The van der Waals surface area contributed by atoms with Crippen molar-refractivity contribution in [1.82, 2.24) is 0 Å². The van der Waals surface area contributed by atoms with Crippen LogP contribution in [0.25, 0.3) is 6.08 Å². The molecule has 0 atom stereocenters. The number of hydrogen-bond donors (Lipinski definition) is 0. The van der Waals surface area contributed by atoms with E-state index in [4.69, 9.17) is 12.2 Å². The fraction of sp³-hybridized carbons (Fsp3) is 0.0500. The predicted octanol–water partition coefficient (Wildman–Crippen LogP) is 3.40. The molecule has 0 bridgehead atoms. The minimum Gasteiger partial charge on any atom is -0.545 e. The van der Waals surface area contributed by atoms with Gasteiger partial charge in [-0.25, -0.2) is 0 Å². The zero-order valence-electron chi connectivity index (χ0n) is 13.8. The molecule has 26 heavy (non-hydrogen) atoms. The molecule has 1 aliphatic rings. The van der Waals surface area contributed by atoms with Gasteiger partial charge in [0.1, 0.15) is 0 Å². The Labute approximate surface area is 160 Å². The van der Waals surface area contributed by atoms with E-state index in [1.807, 2.05) is 43.3 Å². The Morgan fingerprint density at radius 3 is 2.58 bits per heavy atom. The summed E-state index contributed by atoms with van der Waals surface area (Å²) in [6.45, 7) is 1.91. The molecule has 1 fully saturated rings. The average Bonchev–Trinajstić information content (AvgIpc) is 2.89. The Balaban J connectivity index is 1.88. The molecule has 0 unspecified atom stereocenters. The second-order valence-corrected chi connectivity index (χ2v) is 7.33. The molecule has 1 heterocycles. The molecule has 3 rings (SSSR count). The van der Waals surface area contributed by atoms with E-state index in [1.165, 1.54) is 28.8 Å². The van der Waals surface area contributed by atoms with Gasteiger partial charge in [-0.05, 0) is 41.8 Å². The van der Waals surface area contributed by atoms with Crippen LogP contribution in [0.3, 0.4) is 0 Å². The van der Waals surface area contributed by atoms with Crippen LogP contribution in [0.15, 0.2) is 71.2 Å². The van der Waals surface area contributed by atoms with Gasteiger partial charge in [0.05, 0.1) is 16.6 Å². The van der Waals surface area contributed by atoms with Gasteiger partial charge in [-0.1, -0.05) is 72.5 Å². The second-order valence-electron chi connectivity index (χ2n) is 5.65. The highest BCUT2D eigenvalue weighted by atomic mass is 32.2. The van der Waals surface area contributed by atoms with E-state index in [9.17, 15) is 14.7 Å². The van der Waals surface area contributed by atoms with Crippen molar-refractivity contribution in [3.8, 4) is 0 Å². The lowest BCUT2D eigenvalue weighted by Crippen LogP contribution is -2.28. The van der Waals surface area contributed by atoms with Crippen molar-refractivity contribution >= 4 is 51.9 Å². The summed E-state index contributed by atoms with van der Waals surface area (Å²) in [5, 5.41) is 11.0. The number of carbonyl (C=O) groups excluding carboxylic acids is 2. The Hall–Kier alpha value is -2.70. The molecule has 6 heteroatoms. The number of carboxylic acid groups (broad SMARTS) is 1. The van der Waals surface area contributed by atoms with Crippen LogP contribution in [0, 0.1) is 0 Å². The van der Waals surface area contributed by atoms with Gasteiger partial charge < -0.3 is 9.90 Å². The van der Waals surface area contributed by atoms with E-state index in [-0.39, 0.29) is 11.5 Å². The van der Waals surface area contributed by atoms with Crippen molar-refractivity contribution in [2.24, 2.45) is 0 Å². The van der Waals surface area contributed by atoms with Gasteiger partial charge in [0.15, 0.2) is 4.32 Å². The molecule has 1 aliphatic heterocycles. The highest BCUT2D eigenvalue weighted by Crippen LogP contribution is 2.35. The van der Waals surface area contributed by atoms with Gasteiger partial charge in [-0.15, -0.1) is 0 Å². The second kappa shape index (κ2) is 7.68. The maximum absolute atomic E-state index is 12.7. The number of carbonyl (C=O) groups is 2. The fourth-order valence-electron chi connectivity index (χ4n) is 2.52. The Bertz CT molecular complexity index is 949.